The van der Waals surface area contributed by atoms with Crippen molar-refractivity contribution in [3.63, 3.8) is 0 Å². The highest BCUT2D eigenvalue weighted by molar-refractivity contribution is 5.91. The first-order valence-corrected chi connectivity index (χ1v) is 6.04. The van der Waals surface area contributed by atoms with Crippen molar-refractivity contribution in [3.8, 4) is 5.75 Å². The van der Waals surface area contributed by atoms with Gasteiger partial charge in [0.15, 0.2) is 0 Å². The zero-order chi connectivity index (χ0) is 13.0. The minimum atomic E-state index is -0.316. The number of nitrogens with one attached hydrogen (secondary N) is 1. The second kappa shape index (κ2) is 5.58. The summed E-state index contributed by atoms with van der Waals surface area (Å²) in [6, 6.07) is 5.87. The lowest BCUT2D eigenvalue weighted by molar-refractivity contribution is -0.137. The van der Waals surface area contributed by atoms with E-state index in [0.717, 1.165) is 30.0 Å². The van der Waals surface area contributed by atoms with E-state index in [1.54, 1.807) is 14.0 Å². The third kappa shape index (κ3) is 2.64. The summed E-state index contributed by atoms with van der Waals surface area (Å²) in [7, 11) is 1.65. The number of carbonyl (C=O) groups is 1. The van der Waals surface area contributed by atoms with Gasteiger partial charge in [0.2, 0.25) is 0 Å². The van der Waals surface area contributed by atoms with Crippen LogP contribution in [0.3, 0.4) is 0 Å². The lowest BCUT2D eigenvalue weighted by Crippen LogP contribution is -2.23. The van der Waals surface area contributed by atoms with Crippen LogP contribution >= 0.6 is 0 Å². The van der Waals surface area contributed by atoms with Crippen LogP contribution in [0.1, 0.15) is 18.1 Å². The Morgan fingerprint density at radius 2 is 2.33 bits per heavy atom. The van der Waals surface area contributed by atoms with Gasteiger partial charge < -0.3 is 14.8 Å². The Labute approximate surface area is 107 Å². The molecule has 0 saturated carbocycles. The van der Waals surface area contributed by atoms with Crippen LogP contribution < -0.4 is 10.1 Å². The van der Waals surface area contributed by atoms with E-state index in [4.69, 9.17) is 9.47 Å². The Morgan fingerprint density at radius 3 is 3.06 bits per heavy atom. The molecular weight excluding hydrogens is 230 g/mol. The zero-order valence-electron chi connectivity index (χ0n) is 10.7. The second-order valence-electron chi connectivity index (χ2n) is 4.01. The molecule has 0 radical (unpaired) electrons. The molecule has 0 fully saturated rings. The smallest absolute Gasteiger partial charge is 0.332 e. The Balaban J connectivity index is 2.30. The average Bonchev–Trinajstić information content (AvgIpc) is 2.38. The normalized spacial score (nSPS) is 15.8. The summed E-state index contributed by atoms with van der Waals surface area (Å²) in [4.78, 5) is 11.5. The van der Waals surface area contributed by atoms with Gasteiger partial charge in [-0.05, 0) is 37.1 Å². The van der Waals surface area contributed by atoms with Gasteiger partial charge in [-0.15, -0.1) is 0 Å². The van der Waals surface area contributed by atoms with Crippen molar-refractivity contribution in [2.24, 2.45) is 0 Å². The highest BCUT2D eigenvalue weighted by Crippen LogP contribution is 2.26. The van der Waals surface area contributed by atoms with Crippen molar-refractivity contribution >= 4 is 11.7 Å². The SMILES string of the molecule is CCOC(=O)/C=C1/NCCc2cc(OC)ccc21. The van der Waals surface area contributed by atoms with Crippen molar-refractivity contribution in [2.45, 2.75) is 13.3 Å². The van der Waals surface area contributed by atoms with E-state index in [1.165, 1.54) is 11.6 Å². The molecule has 1 heterocycles. The highest BCUT2D eigenvalue weighted by Gasteiger charge is 2.15. The molecule has 1 N–H and O–H groups in total. The van der Waals surface area contributed by atoms with E-state index in [9.17, 15) is 4.79 Å². The predicted molar refractivity (Wildman–Crippen MR) is 69.3 cm³/mol. The van der Waals surface area contributed by atoms with Crippen LogP contribution in [0, 0.1) is 0 Å². The number of fused-ring (bicyclic) bond motifs is 1. The molecule has 0 bridgehead atoms. The number of carbonyl (C=O) groups excluding carboxylic acids is 1. The van der Waals surface area contributed by atoms with Gasteiger partial charge in [-0.1, -0.05) is 0 Å². The number of hydrogen-bond acceptors (Lipinski definition) is 4. The zero-order valence-corrected chi connectivity index (χ0v) is 10.7. The molecule has 1 aromatic rings. The van der Waals surface area contributed by atoms with Gasteiger partial charge in [0.1, 0.15) is 5.75 Å². The molecule has 0 spiro atoms. The highest BCUT2D eigenvalue weighted by atomic mass is 16.5. The van der Waals surface area contributed by atoms with Crippen LogP contribution in [0.4, 0.5) is 0 Å². The Kier molecular flexibility index (Phi) is 3.87. The van der Waals surface area contributed by atoms with Crippen LogP contribution in [-0.2, 0) is 16.0 Å². The van der Waals surface area contributed by atoms with Crippen molar-refractivity contribution in [2.75, 3.05) is 20.3 Å². The molecule has 0 aliphatic carbocycles. The molecule has 18 heavy (non-hydrogen) atoms. The third-order valence-corrected chi connectivity index (χ3v) is 2.86. The number of hydrogen-bond donors (Lipinski definition) is 1. The molecule has 4 nitrogen and oxygen atoms in total. The van der Waals surface area contributed by atoms with Crippen molar-refractivity contribution < 1.29 is 14.3 Å². The number of rotatable bonds is 3. The van der Waals surface area contributed by atoms with E-state index in [-0.39, 0.29) is 5.97 Å². The fourth-order valence-electron chi connectivity index (χ4n) is 2.02. The maximum atomic E-state index is 11.5. The maximum absolute atomic E-state index is 11.5. The Bertz CT molecular complexity index is 480. The van der Waals surface area contributed by atoms with E-state index in [2.05, 4.69) is 5.32 Å². The standard InChI is InChI=1S/C14H17NO3/c1-3-18-14(16)9-13-12-5-4-11(17-2)8-10(12)6-7-15-13/h4-5,8-9,15H,3,6-7H2,1-2H3/b13-9+. The Hall–Kier alpha value is -1.97. The molecule has 2 rings (SSSR count). The minimum Gasteiger partial charge on any atom is -0.497 e. The maximum Gasteiger partial charge on any atom is 0.332 e. The number of methoxy groups -OCH3 is 1. The first kappa shape index (κ1) is 12.5. The molecule has 0 aromatic heterocycles. The number of esters is 1. The molecule has 1 aliphatic heterocycles. The lowest BCUT2D eigenvalue weighted by Gasteiger charge is -2.21. The monoisotopic (exact) mass is 247 g/mol. The topological polar surface area (TPSA) is 47.6 Å². The molecule has 1 aliphatic rings. The molecule has 1 aromatic carbocycles. The minimum absolute atomic E-state index is 0.316. The number of ether oxygens (including phenoxy) is 2. The molecule has 0 amide bonds. The van der Waals surface area contributed by atoms with Crippen LogP contribution in [0.25, 0.3) is 5.70 Å². The van der Waals surface area contributed by atoms with Gasteiger partial charge in [-0.2, -0.15) is 0 Å². The summed E-state index contributed by atoms with van der Waals surface area (Å²) < 4.78 is 10.1. The van der Waals surface area contributed by atoms with E-state index >= 15 is 0 Å². The molecule has 0 atom stereocenters. The molecule has 4 heteroatoms. The van der Waals surface area contributed by atoms with E-state index in [0.29, 0.717) is 6.61 Å². The fourth-order valence-corrected chi connectivity index (χ4v) is 2.02. The van der Waals surface area contributed by atoms with Crippen molar-refractivity contribution in [1.29, 1.82) is 0 Å². The van der Waals surface area contributed by atoms with Crippen molar-refractivity contribution in [3.05, 3.63) is 35.4 Å². The fraction of sp³-hybridized carbons (Fsp3) is 0.357. The van der Waals surface area contributed by atoms with Crippen LogP contribution in [0.2, 0.25) is 0 Å². The largest absolute Gasteiger partial charge is 0.497 e. The first-order chi connectivity index (χ1) is 8.74. The van der Waals surface area contributed by atoms with Crippen LogP contribution in [0.5, 0.6) is 5.75 Å². The molecule has 0 unspecified atom stereocenters. The third-order valence-electron chi connectivity index (χ3n) is 2.86. The van der Waals surface area contributed by atoms with Crippen LogP contribution in [0.15, 0.2) is 24.3 Å². The van der Waals surface area contributed by atoms with E-state index in [1.807, 2.05) is 18.2 Å². The second-order valence-corrected chi connectivity index (χ2v) is 4.01. The van der Waals surface area contributed by atoms with Gasteiger partial charge in [0.25, 0.3) is 0 Å². The molecule has 0 saturated heterocycles. The van der Waals surface area contributed by atoms with Gasteiger partial charge in [0, 0.05) is 23.9 Å². The predicted octanol–water partition coefficient (Wildman–Crippen LogP) is 1.74. The summed E-state index contributed by atoms with van der Waals surface area (Å²) in [5, 5.41) is 3.22. The Morgan fingerprint density at radius 1 is 1.50 bits per heavy atom. The summed E-state index contributed by atoms with van der Waals surface area (Å²) in [5.41, 5.74) is 3.04. The summed E-state index contributed by atoms with van der Waals surface area (Å²) >= 11 is 0. The lowest BCUT2D eigenvalue weighted by atomic mass is 9.97. The van der Waals surface area contributed by atoms with Gasteiger partial charge in [0.05, 0.1) is 13.7 Å². The van der Waals surface area contributed by atoms with Gasteiger partial charge >= 0.3 is 5.97 Å². The summed E-state index contributed by atoms with van der Waals surface area (Å²) in [6.45, 7) is 2.99. The number of benzene rings is 1. The molecule has 96 valence electrons. The summed E-state index contributed by atoms with van der Waals surface area (Å²) in [5.74, 6) is 0.523. The van der Waals surface area contributed by atoms with Crippen LogP contribution in [-0.4, -0.2) is 26.2 Å². The van der Waals surface area contributed by atoms with Gasteiger partial charge in [-0.25, -0.2) is 4.79 Å². The van der Waals surface area contributed by atoms with Gasteiger partial charge in [-0.3, -0.25) is 0 Å². The van der Waals surface area contributed by atoms with E-state index < -0.39 is 0 Å². The first-order valence-electron chi connectivity index (χ1n) is 6.04. The summed E-state index contributed by atoms with van der Waals surface area (Å²) in [6.07, 6.45) is 2.43. The molecular formula is C14H17NO3. The average molecular weight is 247 g/mol. The van der Waals surface area contributed by atoms with Crippen molar-refractivity contribution in [1.82, 2.24) is 5.32 Å². The quantitative estimate of drug-likeness (QED) is 0.653.